The minimum atomic E-state index is -0.132. The maximum absolute atomic E-state index is 12.4. The summed E-state index contributed by atoms with van der Waals surface area (Å²) in [5.74, 6) is 0.0410. The van der Waals surface area contributed by atoms with Gasteiger partial charge in [-0.15, -0.1) is 0 Å². The van der Waals surface area contributed by atoms with Gasteiger partial charge in [0.2, 0.25) is 5.91 Å². The van der Waals surface area contributed by atoms with Crippen molar-refractivity contribution in [1.29, 1.82) is 0 Å². The van der Waals surface area contributed by atoms with Crippen LogP contribution in [0.2, 0.25) is 0 Å². The Morgan fingerprint density at radius 3 is 2.19 bits per heavy atom. The van der Waals surface area contributed by atoms with Crippen molar-refractivity contribution in [2.24, 2.45) is 0 Å². The summed E-state index contributed by atoms with van der Waals surface area (Å²) in [6.45, 7) is 7.22. The minimum Gasteiger partial charge on any atom is -0.322 e. The highest BCUT2D eigenvalue weighted by atomic mass is 16.2. The van der Waals surface area contributed by atoms with E-state index in [9.17, 15) is 9.59 Å². The number of amides is 2. The minimum absolute atomic E-state index is 0.0662. The lowest BCUT2D eigenvalue weighted by molar-refractivity contribution is -0.119. The van der Waals surface area contributed by atoms with E-state index in [-0.39, 0.29) is 17.2 Å². The van der Waals surface area contributed by atoms with Gasteiger partial charge in [0.25, 0.3) is 5.91 Å². The number of rotatable bonds is 3. The Labute approximate surface area is 155 Å². The third-order valence-electron chi connectivity index (χ3n) is 4.77. The van der Waals surface area contributed by atoms with E-state index in [1.807, 2.05) is 53.4 Å². The molecule has 0 aliphatic carbocycles. The first kappa shape index (κ1) is 18.2. The van der Waals surface area contributed by atoms with Gasteiger partial charge >= 0.3 is 0 Å². The van der Waals surface area contributed by atoms with E-state index < -0.39 is 0 Å². The lowest BCUT2D eigenvalue weighted by Gasteiger charge is -2.26. The molecule has 0 unspecified atom stereocenters. The average molecular weight is 350 g/mol. The normalized spacial score (nSPS) is 15.0. The molecule has 1 fully saturated rings. The molecule has 0 atom stereocenters. The van der Waals surface area contributed by atoms with Gasteiger partial charge in [-0.2, -0.15) is 0 Å². The highest BCUT2D eigenvalue weighted by molar-refractivity contribution is 6.04. The van der Waals surface area contributed by atoms with Gasteiger partial charge < -0.3 is 10.2 Å². The molecule has 0 aromatic heterocycles. The highest BCUT2D eigenvalue weighted by Gasteiger charge is 2.19. The SMILES string of the molecule is CC(C)(C)c1ccc(C(=O)Nc2ccc(N3CCCCC3=O)cc2)cc1. The number of benzene rings is 2. The van der Waals surface area contributed by atoms with E-state index in [0.29, 0.717) is 12.0 Å². The van der Waals surface area contributed by atoms with Gasteiger partial charge in [0.05, 0.1) is 0 Å². The smallest absolute Gasteiger partial charge is 0.255 e. The Morgan fingerprint density at radius 2 is 1.62 bits per heavy atom. The standard InChI is InChI=1S/C22H26N2O2/c1-22(2,3)17-9-7-16(8-10-17)21(26)23-18-11-13-19(14-12-18)24-15-5-4-6-20(24)25/h7-14H,4-6,15H2,1-3H3,(H,23,26). The van der Waals surface area contributed by atoms with Crippen molar-refractivity contribution in [3.8, 4) is 0 Å². The van der Waals surface area contributed by atoms with Crippen LogP contribution >= 0.6 is 0 Å². The first-order valence-corrected chi connectivity index (χ1v) is 9.17. The van der Waals surface area contributed by atoms with Gasteiger partial charge in [-0.25, -0.2) is 0 Å². The van der Waals surface area contributed by atoms with E-state index >= 15 is 0 Å². The zero-order valence-electron chi connectivity index (χ0n) is 15.7. The van der Waals surface area contributed by atoms with Gasteiger partial charge in [-0.05, 0) is 60.2 Å². The molecule has 2 aromatic rings. The second kappa shape index (κ2) is 7.32. The van der Waals surface area contributed by atoms with Crippen LogP contribution in [0.15, 0.2) is 48.5 Å². The fourth-order valence-electron chi connectivity index (χ4n) is 3.13. The molecule has 26 heavy (non-hydrogen) atoms. The van der Waals surface area contributed by atoms with E-state index in [4.69, 9.17) is 0 Å². The fraction of sp³-hybridized carbons (Fsp3) is 0.364. The molecule has 1 aliphatic heterocycles. The highest BCUT2D eigenvalue weighted by Crippen LogP contribution is 2.24. The number of hydrogen-bond donors (Lipinski definition) is 1. The molecular weight excluding hydrogens is 324 g/mol. The van der Waals surface area contributed by atoms with E-state index in [0.717, 1.165) is 30.8 Å². The molecule has 1 N–H and O–H groups in total. The first-order chi connectivity index (χ1) is 12.3. The molecule has 2 amide bonds. The van der Waals surface area contributed by atoms with Crippen LogP contribution in [-0.2, 0) is 10.2 Å². The number of nitrogens with one attached hydrogen (secondary N) is 1. The van der Waals surface area contributed by atoms with Crippen molar-refractivity contribution in [3.63, 3.8) is 0 Å². The summed E-state index contributed by atoms with van der Waals surface area (Å²) < 4.78 is 0. The zero-order valence-corrected chi connectivity index (χ0v) is 15.7. The predicted molar refractivity (Wildman–Crippen MR) is 106 cm³/mol. The molecule has 0 radical (unpaired) electrons. The Bertz CT molecular complexity index is 786. The van der Waals surface area contributed by atoms with Crippen LogP contribution in [0.25, 0.3) is 0 Å². The molecule has 0 spiro atoms. The topological polar surface area (TPSA) is 49.4 Å². The van der Waals surface area contributed by atoms with Crippen LogP contribution in [0.3, 0.4) is 0 Å². The molecular formula is C22H26N2O2. The quantitative estimate of drug-likeness (QED) is 0.868. The van der Waals surface area contributed by atoms with E-state index in [2.05, 4.69) is 26.1 Å². The second-order valence-corrected chi connectivity index (χ2v) is 7.83. The Hall–Kier alpha value is -2.62. The fourth-order valence-corrected chi connectivity index (χ4v) is 3.13. The summed E-state index contributed by atoms with van der Waals surface area (Å²) in [5, 5.41) is 2.92. The van der Waals surface area contributed by atoms with Crippen LogP contribution in [0, 0.1) is 0 Å². The summed E-state index contributed by atoms with van der Waals surface area (Å²) in [6, 6.07) is 15.2. The Kier molecular flexibility index (Phi) is 5.12. The van der Waals surface area contributed by atoms with Gasteiger partial charge in [-0.1, -0.05) is 32.9 Å². The van der Waals surface area contributed by atoms with Crippen LogP contribution < -0.4 is 10.2 Å². The van der Waals surface area contributed by atoms with Crippen LogP contribution in [-0.4, -0.2) is 18.4 Å². The third kappa shape index (κ3) is 4.13. The summed E-state index contributed by atoms with van der Waals surface area (Å²) >= 11 is 0. The van der Waals surface area contributed by atoms with Gasteiger partial charge in [-0.3, -0.25) is 9.59 Å². The molecule has 2 aromatic carbocycles. The molecule has 1 aliphatic rings. The molecule has 4 nitrogen and oxygen atoms in total. The molecule has 0 saturated carbocycles. The van der Waals surface area contributed by atoms with Crippen LogP contribution in [0.5, 0.6) is 0 Å². The van der Waals surface area contributed by atoms with Gasteiger partial charge in [0.1, 0.15) is 0 Å². The second-order valence-electron chi connectivity index (χ2n) is 7.83. The van der Waals surface area contributed by atoms with Crippen molar-refractivity contribution in [2.45, 2.75) is 45.4 Å². The van der Waals surface area contributed by atoms with Crippen LogP contribution in [0.1, 0.15) is 56.0 Å². The maximum atomic E-state index is 12.4. The number of anilines is 2. The zero-order chi connectivity index (χ0) is 18.7. The molecule has 4 heteroatoms. The van der Waals surface area contributed by atoms with Crippen molar-refractivity contribution in [3.05, 3.63) is 59.7 Å². The first-order valence-electron chi connectivity index (χ1n) is 9.17. The van der Waals surface area contributed by atoms with Crippen molar-refractivity contribution in [1.82, 2.24) is 0 Å². The van der Waals surface area contributed by atoms with Crippen molar-refractivity contribution >= 4 is 23.2 Å². The number of nitrogens with zero attached hydrogens (tertiary/aromatic N) is 1. The predicted octanol–water partition coefficient (Wildman–Crippen LogP) is 4.75. The van der Waals surface area contributed by atoms with Crippen LogP contribution in [0.4, 0.5) is 11.4 Å². The molecule has 0 bridgehead atoms. The van der Waals surface area contributed by atoms with Gasteiger partial charge in [0.15, 0.2) is 0 Å². The monoisotopic (exact) mass is 350 g/mol. The van der Waals surface area contributed by atoms with E-state index in [1.54, 1.807) is 0 Å². The largest absolute Gasteiger partial charge is 0.322 e. The Balaban J connectivity index is 1.67. The van der Waals surface area contributed by atoms with Gasteiger partial charge in [0, 0.05) is 29.9 Å². The molecule has 136 valence electrons. The lowest BCUT2D eigenvalue weighted by atomic mass is 9.87. The number of piperidine rings is 1. The summed E-state index contributed by atoms with van der Waals surface area (Å²) in [6.07, 6.45) is 2.62. The average Bonchev–Trinajstić information content (AvgIpc) is 2.62. The summed E-state index contributed by atoms with van der Waals surface area (Å²) in [4.78, 5) is 26.3. The molecule has 1 saturated heterocycles. The lowest BCUT2D eigenvalue weighted by Crippen LogP contribution is -2.35. The molecule has 3 rings (SSSR count). The maximum Gasteiger partial charge on any atom is 0.255 e. The Morgan fingerprint density at radius 1 is 0.962 bits per heavy atom. The summed E-state index contributed by atoms with van der Waals surface area (Å²) in [5.41, 5.74) is 3.51. The van der Waals surface area contributed by atoms with Crippen molar-refractivity contribution in [2.75, 3.05) is 16.8 Å². The molecule has 1 heterocycles. The van der Waals surface area contributed by atoms with Crippen molar-refractivity contribution < 1.29 is 9.59 Å². The van der Waals surface area contributed by atoms with E-state index in [1.165, 1.54) is 5.56 Å². The third-order valence-corrected chi connectivity index (χ3v) is 4.77. The number of hydrogen-bond acceptors (Lipinski definition) is 2. The number of carbonyl (C=O) groups excluding carboxylic acids is 2. The summed E-state index contributed by atoms with van der Waals surface area (Å²) in [7, 11) is 0. The number of carbonyl (C=O) groups is 2.